The van der Waals surface area contributed by atoms with E-state index in [-0.39, 0.29) is 5.82 Å². The molecule has 0 aliphatic heterocycles. The summed E-state index contributed by atoms with van der Waals surface area (Å²) in [5.74, 6) is -0.254. The van der Waals surface area contributed by atoms with Gasteiger partial charge in [0.05, 0.1) is 0 Å². The van der Waals surface area contributed by atoms with Gasteiger partial charge in [0.15, 0.2) is 6.29 Å². The van der Waals surface area contributed by atoms with Gasteiger partial charge in [0.1, 0.15) is 11.9 Å². The van der Waals surface area contributed by atoms with Gasteiger partial charge >= 0.3 is 5.82 Å². The molecular formula is C18H13N3O3. The zero-order valence-corrected chi connectivity index (χ0v) is 12.5. The predicted molar refractivity (Wildman–Crippen MR) is 91.4 cm³/mol. The number of nitro groups is 1. The number of hydrogen-bond acceptors (Lipinski definition) is 5. The molecule has 0 unspecified atom stereocenters. The van der Waals surface area contributed by atoms with Crippen LogP contribution in [0.4, 0.5) is 17.2 Å². The van der Waals surface area contributed by atoms with Gasteiger partial charge in [0.25, 0.3) is 0 Å². The maximum atomic E-state index is 11.3. The molecule has 0 bridgehead atoms. The van der Waals surface area contributed by atoms with E-state index in [1.807, 2.05) is 30.3 Å². The summed E-state index contributed by atoms with van der Waals surface area (Å²) in [6, 6.07) is 17.7. The first kappa shape index (κ1) is 15.4. The molecule has 0 amide bonds. The van der Waals surface area contributed by atoms with Gasteiger partial charge in [0.2, 0.25) is 0 Å². The highest BCUT2D eigenvalue weighted by molar-refractivity contribution is 5.92. The lowest BCUT2D eigenvalue weighted by Gasteiger charge is -2.13. The SMILES string of the molecule is O=Cc1ccccc1-c1ccccc1Nc1cccnc1[N+](=O)[O-]. The van der Waals surface area contributed by atoms with E-state index in [0.29, 0.717) is 16.9 Å². The fraction of sp³-hybridized carbons (Fsp3) is 0. The van der Waals surface area contributed by atoms with E-state index < -0.39 is 4.92 Å². The molecule has 0 aliphatic rings. The van der Waals surface area contributed by atoms with E-state index in [2.05, 4.69) is 10.3 Å². The van der Waals surface area contributed by atoms with E-state index >= 15 is 0 Å². The lowest BCUT2D eigenvalue weighted by Crippen LogP contribution is -2.00. The second-order valence-electron chi connectivity index (χ2n) is 5.01. The minimum atomic E-state index is -0.537. The summed E-state index contributed by atoms with van der Waals surface area (Å²) < 4.78 is 0. The Labute approximate surface area is 137 Å². The third kappa shape index (κ3) is 2.98. The summed E-state index contributed by atoms with van der Waals surface area (Å²) in [5.41, 5.74) is 3.02. The molecule has 0 fully saturated rings. The average Bonchev–Trinajstić information content (AvgIpc) is 2.62. The number of para-hydroxylation sites is 1. The van der Waals surface area contributed by atoms with Gasteiger partial charge in [-0.25, -0.2) is 0 Å². The van der Waals surface area contributed by atoms with E-state index in [1.165, 1.54) is 6.20 Å². The zero-order valence-electron chi connectivity index (χ0n) is 12.5. The van der Waals surface area contributed by atoms with Crippen molar-refractivity contribution >= 4 is 23.5 Å². The van der Waals surface area contributed by atoms with Crippen molar-refractivity contribution in [3.8, 4) is 11.1 Å². The molecule has 1 aromatic heterocycles. The maximum Gasteiger partial charge on any atom is 0.387 e. The van der Waals surface area contributed by atoms with Gasteiger partial charge in [0, 0.05) is 16.8 Å². The third-order valence-corrected chi connectivity index (χ3v) is 3.53. The van der Waals surface area contributed by atoms with E-state index in [9.17, 15) is 14.9 Å². The number of hydrogen-bond donors (Lipinski definition) is 1. The number of carbonyl (C=O) groups is 1. The molecule has 2 aromatic carbocycles. The Morgan fingerprint density at radius 2 is 1.58 bits per heavy atom. The Hall–Kier alpha value is -3.54. The monoisotopic (exact) mass is 319 g/mol. The fourth-order valence-corrected chi connectivity index (χ4v) is 2.46. The normalized spacial score (nSPS) is 10.2. The molecule has 3 aromatic rings. The Morgan fingerprint density at radius 3 is 2.33 bits per heavy atom. The number of rotatable bonds is 5. The van der Waals surface area contributed by atoms with Crippen molar-refractivity contribution in [3.63, 3.8) is 0 Å². The Kier molecular flexibility index (Phi) is 4.29. The summed E-state index contributed by atoms with van der Waals surface area (Å²) in [5, 5.41) is 14.2. The standard InChI is InChI=1S/C18H13N3O3/c22-12-13-6-1-2-7-14(13)15-8-3-4-9-16(15)20-17-10-5-11-19-18(17)21(23)24/h1-12,20H. The quantitative estimate of drug-likeness (QED) is 0.432. The minimum absolute atomic E-state index is 0.254. The van der Waals surface area contributed by atoms with Crippen molar-refractivity contribution in [3.05, 3.63) is 82.5 Å². The highest BCUT2D eigenvalue weighted by Gasteiger charge is 2.16. The number of aromatic nitrogens is 1. The number of anilines is 2. The molecule has 1 heterocycles. The Morgan fingerprint density at radius 1 is 0.917 bits per heavy atom. The van der Waals surface area contributed by atoms with Crippen molar-refractivity contribution in [2.45, 2.75) is 0 Å². The van der Waals surface area contributed by atoms with Crippen molar-refractivity contribution in [2.75, 3.05) is 5.32 Å². The highest BCUT2D eigenvalue weighted by Crippen LogP contribution is 2.33. The molecule has 118 valence electrons. The van der Waals surface area contributed by atoms with Gasteiger partial charge < -0.3 is 15.4 Å². The third-order valence-electron chi connectivity index (χ3n) is 3.53. The van der Waals surface area contributed by atoms with Gasteiger partial charge in [-0.15, -0.1) is 0 Å². The van der Waals surface area contributed by atoms with Crippen molar-refractivity contribution in [2.24, 2.45) is 0 Å². The van der Waals surface area contributed by atoms with Crippen LogP contribution < -0.4 is 5.32 Å². The first-order chi connectivity index (χ1) is 11.7. The summed E-state index contributed by atoms with van der Waals surface area (Å²) in [6.07, 6.45) is 2.16. The maximum absolute atomic E-state index is 11.3. The van der Waals surface area contributed by atoms with Crippen LogP contribution in [0.2, 0.25) is 0 Å². The van der Waals surface area contributed by atoms with Crippen molar-refractivity contribution in [1.29, 1.82) is 0 Å². The summed E-state index contributed by atoms with van der Waals surface area (Å²) in [7, 11) is 0. The highest BCUT2D eigenvalue weighted by atomic mass is 16.6. The molecule has 0 atom stereocenters. The predicted octanol–water partition coefficient (Wildman–Crippen LogP) is 4.21. The number of benzene rings is 2. The number of aldehydes is 1. The molecule has 0 radical (unpaired) electrons. The van der Waals surface area contributed by atoms with E-state index in [0.717, 1.165) is 17.4 Å². The molecule has 0 saturated carbocycles. The van der Waals surface area contributed by atoms with Crippen LogP contribution in [-0.2, 0) is 0 Å². The molecule has 6 heteroatoms. The van der Waals surface area contributed by atoms with Gasteiger partial charge in [-0.05, 0) is 33.7 Å². The van der Waals surface area contributed by atoms with Crippen LogP contribution in [-0.4, -0.2) is 16.2 Å². The molecule has 0 spiro atoms. The topological polar surface area (TPSA) is 85.1 Å². The fourth-order valence-electron chi connectivity index (χ4n) is 2.46. The average molecular weight is 319 g/mol. The second kappa shape index (κ2) is 6.70. The smallest absolute Gasteiger partial charge is 0.358 e. The zero-order chi connectivity index (χ0) is 16.9. The molecule has 6 nitrogen and oxygen atoms in total. The second-order valence-corrected chi connectivity index (χ2v) is 5.01. The number of nitrogens with one attached hydrogen (secondary N) is 1. The summed E-state index contributed by atoms with van der Waals surface area (Å²) >= 11 is 0. The molecule has 0 saturated heterocycles. The summed E-state index contributed by atoms with van der Waals surface area (Å²) in [4.78, 5) is 25.7. The number of carbonyl (C=O) groups excluding carboxylic acids is 1. The van der Waals surface area contributed by atoms with Crippen LogP contribution in [0.3, 0.4) is 0 Å². The number of pyridine rings is 1. The van der Waals surface area contributed by atoms with E-state index in [1.54, 1.807) is 30.3 Å². The number of nitrogens with zero attached hydrogens (tertiary/aromatic N) is 2. The lowest BCUT2D eigenvalue weighted by atomic mass is 9.98. The Bertz CT molecular complexity index is 909. The minimum Gasteiger partial charge on any atom is -0.358 e. The van der Waals surface area contributed by atoms with Crippen LogP contribution in [0, 0.1) is 10.1 Å². The molecule has 24 heavy (non-hydrogen) atoms. The van der Waals surface area contributed by atoms with Crippen LogP contribution in [0.25, 0.3) is 11.1 Å². The lowest BCUT2D eigenvalue weighted by molar-refractivity contribution is -0.388. The first-order valence-corrected chi connectivity index (χ1v) is 7.20. The van der Waals surface area contributed by atoms with Crippen molar-refractivity contribution in [1.82, 2.24) is 4.98 Å². The largest absolute Gasteiger partial charge is 0.387 e. The van der Waals surface area contributed by atoms with Crippen LogP contribution in [0.5, 0.6) is 0 Å². The van der Waals surface area contributed by atoms with Crippen LogP contribution in [0.15, 0.2) is 66.9 Å². The molecule has 0 aliphatic carbocycles. The van der Waals surface area contributed by atoms with Gasteiger partial charge in [-0.2, -0.15) is 0 Å². The first-order valence-electron chi connectivity index (χ1n) is 7.20. The Balaban J connectivity index is 2.09. The molecule has 3 rings (SSSR count). The molecule has 1 N–H and O–H groups in total. The summed E-state index contributed by atoms with van der Waals surface area (Å²) in [6.45, 7) is 0. The van der Waals surface area contributed by atoms with E-state index in [4.69, 9.17) is 0 Å². The van der Waals surface area contributed by atoms with Gasteiger partial charge in [-0.3, -0.25) is 4.79 Å². The van der Waals surface area contributed by atoms with Crippen molar-refractivity contribution < 1.29 is 9.72 Å². The van der Waals surface area contributed by atoms with Crippen LogP contribution >= 0.6 is 0 Å². The van der Waals surface area contributed by atoms with Crippen LogP contribution in [0.1, 0.15) is 10.4 Å². The van der Waals surface area contributed by atoms with Gasteiger partial charge in [-0.1, -0.05) is 42.5 Å². The molecular weight excluding hydrogens is 306 g/mol.